The average Bonchev–Trinajstić information content (AvgIpc) is 3.16. The molecule has 12 nitrogen and oxygen atoms in total. The van der Waals surface area contributed by atoms with Gasteiger partial charge >= 0.3 is 0 Å². The molecule has 2 aliphatic rings. The molecule has 0 atom stereocenters. The minimum Gasteiger partial charge on any atom is -0.379 e. The van der Waals surface area contributed by atoms with E-state index >= 15 is 0 Å². The van der Waals surface area contributed by atoms with Crippen LogP contribution in [-0.2, 0) is 47.2 Å². The van der Waals surface area contributed by atoms with Gasteiger partial charge in [0.1, 0.15) is 4.90 Å². The molecule has 1 amide bonds. The fraction of sp³-hybridized carbons (Fsp3) is 0.308. The Bertz CT molecular complexity index is 2130. The van der Waals surface area contributed by atoms with Crippen molar-refractivity contribution in [2.75, 3.05) is 57.9 Å². The van der Waals surface area contributed by atoms with E-state index in [9.17, 15) is 31.2 Å². The molecule has 2 aliphatic heterocycles. The number of rotatable bonds is 11. The lowest BCUT2D eigenvalue weighted by molar-refractivity contribution is -0.115. The zero-order valence-electron chi connectivity index (χ0n) is 29.7. The van der Waals surface area contributed by atoms with Crippen molar-refractivity contribution in [1.82, 2.24) is 8.61 Å². The molecule has 2 fully saturated rings. The van der Waals surface area contributed by atoms with Crippen LogP contribution in [0.15, 0.2) is 107 Å². The van der Waals surface area contributed by atoms with Crippen LogP contribution in [0.2, 0.25) is 0 Å². The summed E-state index contributed by atoms with van der Waals surface area (Å²) >= 11 is 0. The number of nitrogens with one attached hydrogen (secondary N) is 1. The van der Waals surface area contributed by atoms with Crippen molar-refractivity contribution in [2.45, 2.75) is 36.5 Å². The Balaban J connectivity index is 0.000000206. The van der Waals surface area contributed by atoms with E-state index in [1.807, 2.05) is 19.1 Å². The first-order chi connectivity index (χ1) is 25.4. The molecule has 4 aromatic carbocycles. The highest BCUT2D eigenvalue weighted by molar-refractivity contribution is 7.89. The molecule has 0 saturated carbocycles. The Labute approximate surface area is 310 Å². The highest BCUT2D eigenvalue weighted by atomic mass is 32.2. The molecule has 280 valence electrons. The van der Waals surface area contributed by atoms with E-state index in [1.165, 1.54) is 21.6 Å². The predicted molar refractivity (Wildman–Crippen MR) is 200 cm³/mol. The van der Waals surface area contributed by atoms with Crippen molar-refractivity contribution < 1.29 is 40.7 Å². The first-order valence-corrected chi connectivity index (χ1v) is 20.1. The molecule has 14 heteroatoms. The quantitative estimate of drug-likeness (QED) is 0.217. The molecule has 0 unspecified atom stereocenters. The van der Waals surface area contributed by atoms with Gasteiger partial charge < -0.3 is 14.8 Å². The molecule has 53 heavy (non-hydrogen) atoms. The number of carbonyl (C=O) groups excluding carboxylic acids is 3. The van der Waals surface area contributed by atoms with E-state index in [1.54, 1.807) is 78.9 Å². The third kappa shape index (κ3) is 10.3. The lowest BCUT2D eigenvalue weighted by Crippen LogP contribution is -2.41. The minimum absolute atomic E-state index is 0.0433. The maximum atomic E-state index is 12.9. The van der Waals surface area contributed by atoms with E-state index in [-0.39, 0.29) is 58.9 Å². The summed E-state index contributed by atoms with van der Waals surface area (Å²) in [5, 5.41) is 2.70. The van der Waals surface area contributed by atoms with Crippen LogP contribution in [-0.4, -0.2) is 95.5 Å². The summed E-state index contributed by atoms with van der Waals surface area (Å²) in [6, 6.07) is 27.2. The SMILES string of the molecule is CC(=O)c1ccc(CC(=O)Nc2ccccc2S(=O)(=O)N2CCOCC2)cc1.Cc1ccc(C(=O)Cc2ccccc2S(=O)(=O)N2CCOCC2)cc1. The van der Waals surface area contributed by atoms with Crippen LogP contribution in [0.25, 0.3) is 0 Å². The van der Waals surface area contributed by atoms with Gasteiger partial charge in [-0.2, -0.15) is 8.61 Å². The molecule has 0 aliphatic carbocycles. The molecule has 0 radical (unpaired) electrons. The second kappa shape index (κ2) is 18.0. The van der Waals surface area contributed by atoms with Crippen molar-refractivity contribution in [3.05, 3.63) is 125 Å². The van der Waals surface area contributed by atoms with Gasteiger partial charge in [-0.25, -0.2) is 16.8 Å². The summed E-state index contributed by atoms with van der Waals surface area (Å²) in [4.78, 5) is 36.6. The van der Waals surface area contributed by atoms with Crippen LogP contribution in [0.4, 0.5) is 5.69 Å². The highest BCUT2D eigenvalue weighted by Crippen LogP contribution is 2.26. The maximum Gasteiger partial charge on any atom is 0.245 e. The number of anilines is 1. The Morgan fingerprint density at radius 2 is 1.11 bits per heavy atom. The Hall–Kier alpha value is -4.57. The van der Waals surface area contributed by atoms with E-state index in [4.69, 9.17) is 9.47 Å². The molecule has 1 N–H and O–H groups in total. The van der Waals surface area contributed by atoms with Gasteiger partial charge in [0.2, 0.25) is 26.0 Å². The predicted octanol–water partition coefficient (Wildman–Crippen LogP) is 4.53. The summed E-state index contributed by atoms with van der Waals surface area (Å²) in [7, 11) is -7.35. The van der Waals surface area contributed by atoms with Crippen molar-refractivity contribution in [1.29, 1.82) is 0 Å². The van der Waals surface area contributed by atoms with Crippen LogP contribution in [0.3, 0.4) is 0 Å². The van der Waals surface area contributed by atoms with Crippen molar-refractivity contribution in [3.63, 3.8) is 0 Å². The van der Waals surface area contributed by atoms with Gasteiger partial charge in [0, 0.05) is 43.7 Å². The number of hydrogen-bond donors (Lipinski definition) is 1. The van der Waals surface area contributed by atoms with Gasteiger partial charge in [-0.1, -0.05) is 84.4 Å². The number of ether oxygens (including phenoxy) is 2. The second-order valence-electron chi connectivity index (χ2n) is 12.6. The number of morpholine rings is 2. The molecule has 6 rings (SSSR count). The standard InChI is InChI=1S/C20H22N2O5S.C19H21NO4S/c1-15(23)17-8-6-16(7-9-17)14-20(24)21-18-4-2-3-5-19(18)28(25,26)22-10-12-27-13-11-22;1-15-6-8-16(9-7-15)18(21)14-17-4-2-3-5-19(17)25(22,23)20-10-12-24-13-11-20/h2-9H,10-14H2,1H3,(H,21,24);2-9H,10-14H2,1H3. The van der Waals surface area contributed by atoms with Crippen LogP contribution < -0.4 is 5.32 Å². The molecule has 2 heterocycles. The highest BCUT2D eigenvalue weighted by Gasteiger charge is 2.30. The fourth-order valence-electron chi connectivity index (χ4n) is 5.80. The lowest BCUT2D eigenvalue weighted by Gasteiger charge is -2.26. The third-order valence-corrected chi connectivity index (χ3v) is 12.7. The topological polar surface area (TPSA) is 156 Å². The summed E-state index contributed by atoms with van der Waals surface area (Å²) in [6.07, 6.45) is 0.132. The van der Waals surface area contributed by atoms with Crippen molar-refractivity contribution in [3.8, 4) is 0 Å². The molecular weight excluding hydrogens is 719 g/mol. The van der Waals surface area contributed by atoms with Crippen molar-refractivity contribution in [2.24, 2.45) is 0 Å². The molecule has 0 bridgehead atoms. The van der Waals surface area contributed by atoms with Gasteiger partial charge in [0.05, 0.1) is 43.4 Å². The fourth-order valence-corrected chi connectivity index (χ4v) is 8.99. The summed E-state index contributed by atoms with van der Waals surface area (Å²) in [5.74, 6) is -0.469. The zero-order valence-corrected chi connectivity index (χ0v) is 31.3. The third-order valence-electron chi connectivity index (χ3n) is 8.76. The largest absolute Gasteiger partial charge is 0.379 e. The molecular formula is C39H43N3O9S2. The van der Waals surface area contributed by atoms with E-state index < -0.39 is 20.0 Å². The number of amides is 1. The average molecular weight is 762 g/mol. The van der Waals surface area contributed by atoms with E-state index in [0.29, 0.717) is 56.2 Å². The first-order valence-electron chi connectivity index (χ1n) is 17.2. The molecule has 0 aromatic heterocycles. The van der Waals surface area contributed by atoms with Gasteiger partial charge in [0.25, 0.3) is 0 Å². The molecule has 2 saturated heterocycles. The summed E-state index contributed by atoms with van der Waals surface area (Å²) in [5.41, 5.74) is 3.75. The first kappa shape index (κ1) is 39.6. The lowest BCUT2D eigenvalue weighted by atomic mass is 10.0. The number of hydrogen-bond acceptors (Lipinski definition) is 9. The monoisotopic (exact) mass is 761 g/mol. The zero-order chi connectivity index (χ0) is 38.0. The Morgan fingerprint density at radius 1 is 0.623 bits per heavy atom. The summed E-state index contributed by atoms with van der Waals surface area (Å²) in [6.45, 7) is 6.17. The second-order valence-corrected chi connectivity index (χ2v) is 16.4. The Morgan fingerprint density at radius 3 is 1.68 bits per heavy atom. The van der Waals surface area contributed by atoms with E-state index in [2.05, 4.69) is 5.32 Å². The van der Waals surface area contributed by atoms with Gasteiger partial charge in [-0.3, -0.25) is 14.4 Å². The van der Waals surface area contributed by atoms with Crippen LogP contribution in [0.5, 0.6) is 0 Å². The normalized spacial score (nSPS) is 15.5. The van der Waals surface area contributed by atoms with Gasteiger partial charge in [-0.05, 0) is 43.2 Å². The van der Waals surface area contributed by atoms with Gasteiger partial charge in [0.15, 0.2) is 11.6 Å². The summed E-state index contributed by atoms with van der Waals surface area (Å²) < 4.78 is 65.0. The number of nitrogens with zero attached hydrogens (tertiary/aromatic N) is 2. The van der Waals surface area contributed by atoms with Crippen LogP contribution in [0, 0.1) is 6.92 Å². The molecule has 0 spiro atoms. The van der Waals surface area contributed by atoms with Crippen LogP contribution in [0.1, 0.15) is 44.3 Å². The minimum atomic E-state index is -3.73. The van der Waals surface area contributed by atoms with E-state index in [0.717, 1.165) is 11.1 Å². The number of carbonyl (C=O) groups is 3. The number of para-hydroxylation sites is 1. The number of aryl methyl sites for hydroxylation is 1. The van der Waals surface area contributed by atoms with Crippen molar-refractivity contribution >= 4 is 43.2 Å². The smallest absolute Gasteiger partial charge is 0.245 e. The number of sulfonamides is 2. The number of Topliss-reactive ketones (excluding diaryl/α,β-unsaturated/α-hetero) is 2. The Kier molecular flexibility index (Phi) is 13.4. The number of ketones is 2. The molecule has 4 aromatic rings. The van der Waals surface area contributed by atoms with Crippen LogP contribution >= 0.6 is 0 Å². The number of benzene rings is 4. The maximum absolute atomic E-state index is 12.9. The van der Waals surface area contributed by atoms with Gasteiger partial charge in [-0.15, -0.1) is 0 Å².